The summed E-state index contributed by atoms with van der Waals surface area (Å²) in [6.07, 6.45) is 0. The standard InChI is InChI=1S/2C10H15.2CH3.U/c2*1-6-7(2)9(4)10(5)8(6)3;;;/h2*1-5H3;2*1H3;/q-5;3*-1;. The second-order valence-corrected chi connectivity index (χ2v) is 6.25. The van der Waals surface area contributed by atoms with E-state index in [0.29, 0.717) is 0 Å². The van der Waals surface area contributed by atoms with Gasteiger partial charge < -0.3 is 42.7 Å². The van der Waals surface area contributed by atoms with Crippen LogP contribution in [-0.4, -0.2) is 0 Å². The molecule has 0 atom stereocenters. The van der Waals surface area contributed by atoms with Crippen LogP contribution in [0.15, 0.2) is 0 Å². The van der Waals surface area contributed by atoms with Crippen molar-refractivity contribution < 1.29 is 31.1 Å². The van der Waals surface area contributed by atoms with Crippen molar-refractivity contribution in [2.45, 2.75) is 69.2 Å². The van der Waals surface area contributed by atoms with Gasteiger partial charge in [0.05, 0.1) is 0 Å². The van der Waals surface area contributed by atoms with Crippen LogP contribution in [0.3, 0.4) is 0 Å². The first-order valence-corrected chi connectivity index (χ1v) is 7.50. The van der Waals surface area contributed by atoms with E-state index in [1.807, 2.05) is 0 Å². The van der Waals surface area contributed by atoms with Crippen molar-refractivity contribution in [2.24, 2.45) is 0 Å². The average molecular weight is 539 g/mol. The number of hydrogen-bond donors (Lipinski definition) is 0. The maximum Gasteiger partial charge on any atom is 0 e. The molecule has 0 unspecified atom stereocenters. The molecule has 23 heavy (non-hydrogen) atoms. The maximum atomic E-state index is 2.20. The third-order valence-electron chi connectivity index (χ3n) is 5.62. The van der Waals surface area contributed by atoms with Crippen molar-refractivity contribution in [3.63, 3.8) is 0 Å². The summed E-state index contributed by atoms with van der Waals surface area (Å²) in [7, 11) is 0. The Balaban J connectivity index is -0.000000308. The fraction of sp³-hybridized carbons (Fsp3) is 0.455. The van der Waals surface area contributed by atoms with Crippen LogP contribution in [-0.2, 0) is 0 Å². The minimum absolute atomic E-state index is 0. The van der Waals surface area contributed by atoms with E-state index in [1.54, 1.807) is 0 Å². The van der Waals surface area contributed by atoms with Crippen molar-refractivity contribution in [1.29, 1.82) is 0 Å². The predicted molar refractivity (Wildman–Crippen MR) is 104 cm³/mol. The summed E-state index contributed by atoms with van der Waals surface area (Å²) < 4.78 is 0. The number of rotatable bonds is 0. The molecule has 0 amide bonds. The fourth-order valence-corrected chi connectivity index (χ4v) is 2.81. The Bertz CT molecular complexity index is 405. The Hall–Kier alpha value is -0.248. The van der Waals surface area contributed by atoms with Crippen LogP contribution in [0.2, 0.25) is 0 Å². The van der Waals surface area contributed by atoms with Gasteiger partial charge in [0.1, 0.15) is 0 Å². The molecule has 0 heterocycles. The van der Waals surface area contributed by atoms with Gasteiger partial charge in [-0.25, -0.2) is 34.6 Å². The molecule has 2 aromatic rings. The van der Waals surface area contributed by atoms with Gasteiger partial charge in [-0.3, -0.25) is 0 Å². The van der Waals surface area contributed by atoms with Gasteiger partial charge in [0.15, 0.2) is 0 Å². The third-order valence-corrected chi connectivity index (χ3v) is 5.62. The average Bonchev–Trinajstić information content (AvgIpc) is 2.71. The molecule has 0 spiro atoms. The van der Waals surface area contributed by atoms with Gasteiger partial charge in [0.2, 0.25) is 0 Å². The van der Waals surface area contributed by atoms with E-state index < -0.39 is 0 Å². The van der Waals surface area contributed by atoms with Crippen LogP contribution in [0.25, 0.3) is 0 Å². The minimum atomic E-state index is 0. The van der Waals surface area contributed by atoms with Gasteiger partial charge in [0.25, 0.3) is 0 Å². The number of hydrogen-bond acceptors (Lipinski definition) is 0. The summed E-state index contributed by atoms with van der Waals surface area (Å²) in [5, 5.41) is 0. The van der Waals surface area contributed by atoms with Crippen molar-refractivity contribution in [3.8, 4) is 0 Å². The van der Waals surface area contributed by atoms with Gasteiger partial charge in [-0.05, 0) is 0 Å². The Labute approximate surface area is 170 Å². The van der Waals surface area contributed by atoms with Crippen LogP contribution in [0, 0.1) is 115 Å². The van der Waals surface area contributed by atoms with Gasteiger partial charge in [-0.1, -0.05) is 34.6 Å². The molecule has 0 aliphatic carbocycles. The first kappa shape index (κ1) is 27.6. The van der Waals surface area contributed by atoms with E-state index in [9.17, 15) is 0 Å². The second kappa shape index (κ2) is 10.6. The molecule has 0 radical (unpaired) electrons. The van der Waals surface area contributed by atoms with Gasteiger partial charge in [-0.15, -0.1) is 0 Å². The Morgan fingerprint density at radius 2 is 0.652 bits per heavy atom. The van der Waals surface area contributed by atoms with Gasteiger partial charge >= 0.3 is 0 Å². The summed E-state index contributed by atoms with van der Waals surface area (Å²) in [6.45, 7) is 22.0. The van der Waals surface area contributed by atoms with E-state index in [4.69, 9.17) is 0 Å². The zero-order valence-electron chi connectivity index (χ0n) is 17.5. The molecule has 0 bridgehead atoms. The van der Waals surface area contributed by atoms with E-state index in [0.717, 1.165) is 0 Å². The normalized spacial score (nSPS) is 9.13. The second-order valence-electron chi connectivity index (χ2n) is 6.25. The molecular formula is C22H36U-8. The SMILES string of the molecule is C[c-]1[c-](C)[c-](C)[c-](C)[c-]1C.Cc1c(C)c(C)[c-](C)c1C.[CH3-].[CH3-].[U]. The summed E-state index contributed by atoms with van der Waals surface area (Å²) in [5.74, 6) is 0. The van der Waals surface area contributed by atoms with Crippen molar-refractivity contribution in [1.82, 2.24) is 0 Å². The van der Waals surface area contributed by atoms with Crippen molar-refractivity contribution in [2.75, 3.05) is 0 Å². The Morgan fingerprint density at radius 1 is 0.478 bits per heavy atom. The minimum Gasteiger partial charge on any atom is -0.731 e. The van der Waals surface area contributed by atoms with Gasteiger partial charge in [-0.2, -0.15) is 27.8 Å². The zero-order chi connectivity index (χ0) is 15.8. The summed E-state index contributed by atoms with van der Waals surface area (Å²) in [6, 6.07) is 0. The molecule has 0 saturated carbocycles. The monoisotopic (exact) mass is 538 g/mol. The molecule has 0 saturated heterocycles. The van der Waals surface area contributed by atoms with Crippen LogP contribution in [0.4, 0.5) is 0 Å². The molecule has 0 aliphatic rings. The first-order chi connectivity index (χ1) is 9.11. The summed E-state index contributed by atoms with van der Waals surface area (Å²) in [5.41, 5.74) is 14.7. The fourth-order valence-electron chi connectivity index (χ4n) is 2.81. The van der Waals surface area contributed by atoms with E-state index in [2.05, 4.69) is 69.2 Å². The third kappa shape index (κ3) is 5.37. The zero-order valence-corrected chi connectivity index (χ0v) is 21.7. The molecule has 0 N–H and O–H groups in total. The van der Waals surface area contributed by atoms with Gasteiger partial charge in [0, 0.05) is 31.1 Å². The quantitative estimate of drug-likeness (QED) is 0.324. The maximum absolute atomic E-state index is 2.20. The summed E-state index contributed by atoms with van der Waals surface area (Å²) >= 11 is 0. The molecule has 1 heteroatoms. The smallest absolute Gasteiger partial charge is 0 e. The molecule has 0 fully saturated rings. The predicted octanol–water partition coefficient (Wildman–Crippen LogP) is 6.80. The van der Waals surface area contributed by atoms with Crippen LogP contribution in [0.5, 0.6) is 0 Å². The molecule has 0 nitrogen and oxygen atoms in total. The largest absolute Gasteiger partial charge is 0.731 e. The molecule has 2 rings (SSSR count). The molecule has 2 aromatic carbocycles. The van der Waals surface area contributed by atoms with Crippen LogP contribution >= 0.6 is 0 Å². The van der Waals surface area contributed by atoms with Crippen molar-refractivity contribution in [3.05, 3.63) is 70.5 Å². The van der Waals surface area contributed by atoms with E-state index in [-0.39, 0.29) is 46.0 Å². The molecule has 0 aromatic heterocycles. The van der Waals surface area contributed by atoms with Crippen LogP contribution < -0.4 is 0 Å². The molecular weight excluding hydrogens is 502 g/mol. The van der Waals surface area contributed by atoms with Crippen LogP contribution in [0.1, 0.15) is 55.6 Å². The van der Waals surface area contributed by atoms with E-state index >= 15 is 0 Å². The Kier molecular flexibility index (Phi) is 12.7. The van der Waals surface area contributed by atoms with E-state index in [1.165, 1.54) is 55.6 Å². The topological polar surface area (TPSA) is 0 Å². The Morgan fingerprint density at radius 3 is 0.739 bits per heavy atom. The van der Waals surface area contributed by atoms with Crippen molar-refractivity contribution >= 4 is 0 Å². The molecule has 0 aliphatic heterocycles. The first-order valence-electron chi connectivity index (χ1n) is 7.50. The molecule has 136 valence electrons. The summed E-state index contributed by atoms with van der Waals surface area (Å²) in [4.78, 5) is 0.